The molecule has 0 rings (SSSR count). The molecule has 0 aliphatic rings. The van der Waals surface area contributed by atoms with Crippen molar-refractivity contribution in [3.8, 4) is 0 Å². The maximum absolute atomic E-state index is 5.63. The second kappa shape index (κ2) is 5.56. The van der Waals surface area contributed by atoms with Gasteiger partial charge in [-0.2, -0.15) is 0 Å². The van der Waals surface area contributed by atoms with Gasteiger partial charge in [-0.25, -0.2) is 0 Å². The Morgan fingerprint density at radius 1 is 1.09 bits per heavy atom. The first kappa shape index (κ1) is 10.9. The molecule has 0 bridgehead atoms. The minimum atomic E-state index is -0.131. The fourth-order valence-corrected chi connectivity index (χ4v) is 1.28. The van der Waals surface area contributed by atoms with E-state index in [1.54, 1.807) is 0 Å². The van der Waals surface area contributed by atoms with Gasteiger partial charge in [0.25, 0.3) is 0 Å². The van der Waals surface area contributed by atoms with Gasteiger partial charge in [0.15, 0.2) is 0 Å². The molecule has 4 N–H and O–H groups in total. The summed E-state index contributed by atoms with van der Waals surface area (Å²) >= 11 is 0. The minimum Gasteiger partial charge on any atom is -0.316 e. The van der Waals surface area contributed by atoms with Gasteiger partial charge in [0.2, 0.25) is 0 Å². The Morgan fingerprint density at radius 2 is 1.64 bits per heavy atom. The monoisotopic (exact) mass is 158 g/mol. The van der Waals surface area contributed by atoms with Crippen LogP contribution in [0, 0.1) is 11.8 Å². The van der Waals surface area contributed by atoms with Crippen molar-refractivity contribution < 1.29 is 0 Å². The van der Waals surface area contributed by atoms with E-state index in [4.69, 9.17) is 11.5 Å². The van der Waals surface area contributed by atoms with Crippen LogP contribution in [0.2, 0.25) is 0 Å². The lowest BCUT2D eigenvalue weighted by molar-refractivity contribution is 0.324. The van der Waals surface area contributed by atoms with Gasteiger partial charge >= 0.3 is 0 Å². The molecule has 0 heterocycles. The summed E-state index contributed by atoms with van der Waals surface area (Å²) in [6.45, 7) is 6.62. The van der Waals surface area contributed by atoms with E-state index in [1.807, 2.05) is 0 Å². The first-order valence-corrected chi connectivity index (χ1v) is 4.62. The second-order valence-electron chi connectivity index (χ2n) is 3.49. The molecule has 11 heavy (non-hydrogen) atoms. The fraction of sp³-hybridized carbons (Fsp3) is 1.00. The van der Waals surface area contributed by atoms with Crippen LogP contribution in [-0.4, -0.2) is 6.17 Å². The van der Waals surface area contributed by atoms with E-state index in [-0.39, 0.29) is 6.17 Å². The summed E-state index contributed by atoms with van der Waals surface area (Å²) in [4.78, 5) is 0. The maximum Gasteiger partial charge on any atom is 0.0549 e. The molecular weight excluding hydrogens is 136 g/mol. The van der Waals surface area contributed by atoms with Crippen molar-refractivity contribution in [2.75, 3.05) is 0 Å². The quantitative estimate of drug-likeness (QED) is 0.598. The molecule has 0 aliphatic carbocycles. The van der Waals surface area contributed by atoms with Crippen LogP contribution < -0.4 is 11.5 Å². The number of rotatable bonds is 5. The lowest BCUT2D eigenvalue weighted by Gasteiger charge is -2.21. The standard InChI is InChI=1S/C9H22N2/c1-4-7(3)6-8(5-2)9(10)11/h7-9H,4-6,10-11H2,1-3H3. The van der Waals surface area contributed by atoms with E-state index in [2.05, 4.69) is 20.8 Å². The van der Waals surface area contributed by atoms with Gasteiger partial charge in [-0.3, -0.25) is 0 Å². The molecule has 0 saturated carbocycles. The van der Waals surface area contributed by atoms with Crippen LogP contribution in [0.25, 0.3) is 0 Å². The summed E-state index contributed by atoms with van der Waals surface area (Å²) < 4.78 is 0. The molecule has 0 saturated heterocycles. The maximum atomic E-state index is 5.63. The Balaban J connectivity index is 3.68. The third kappa shape index (κ3) is 4.38. The van der Waals surface area contributed by atoms with Crippen LogP contribution in [0.3, 0.4) is 0 Å². The van der Waals surface area contributed by atoms with Gasteiger partial charge in [0, 0.05) is 0 Å². The lowest BCUT2D eigenvalue weighted by Crippen LogP contribution is -2.39. The first-order valence-electron chi connectivity index (χ1n) is 4.62. The molecule has 2 heteroatoms. The largest absolute Gasteiger partial charge is 0.316 e. The topological polar surface area (TPSA) is 52.0 Å². The van der Waals surface area contributed by atoms with Crippen molar-refractivity contribution in [2.24, 2.45) is 23.3 Å². The Labute approximate surface area is 70.3 Å². The van der Waals surface area contributed by atoms with Crippen molar-refractivity contribution in [3.05, 3.63) is 0 Å². The molecule has 2 atom stereocenters. The third-order valence-electron chi connectivity index (χ3n) is 2.47. The molecule has 0 radical (unpaired) electrons. The van der Waals surface area contributed by atoms with Crippen LogP contribution in [0.1, 0.15) is 40.0 Å². The third-order valence-corrected chi connectivity index (χ3v) is 2.47. The van der Waals surface area contributed by atoms with E-state index in [0.717, 1.165) is 12.3 Å². The smallest absolute Gasteiger partial charge is 0.0549 e. The summed E-state index contributed by atoms with van der Waals surface area (Å²) in [7, 11) is 0. The van der Waals surface area contributed by atoms with Crippen LogP contribution in [0.5, 0.6) is 0 Å². The SMILES string of the molecule is CCC(C)CC(CC)C(N)N. The molecule has 2 nitrogen and oxygen atoms in total. The minimum absolute atomic E-state index is 0.131. The van der Waals surface area contributed by atoms with E-state index >= 15 is 0 Å². The zero-order chi connectivity index (χ0) is 8.85. The normalized spacial score (nSPS) is 16.9. The molecule has 0 aromatic heterocycles. The second-order valence-corrected chi connectivity index (χ2v) is 3.49. The summed E-state index contributed by atoms with van der Waals surface area (Å²) in [5.74, 6) is 1.26. The van der Waals surface area contributed by atoms with Crippen molar-refractivity contribution in [1.82, 2.24) is 0 Å². The summed E-state index contributed by atoms with van der Waals surface area (Å²) in [6, 6.07) is 0. The lowest BCUT2D eigenvalue weighted by atomic mass is 9.90. The molecular formula is C9H22N2. The highest BCUT2D eigenvalue weighted by atomic mass is 14.9. The van der Waals surface area contributed by atoms with E-state index in [0.29, 0.717) is 5.92 Å². The van der Waals surface area contributed by atoms with Crippen LogP contribution in [-0.2, 0) is 0 Å². The predicted octanol–water partition coefficient (Wildman–Crippen LogP) is 1.69. The van der Waals surface area contributed by atoms with Crippen molar-refractivity contribution >= 4 is 0 Å². The van der Waals surface area contributed by atoms with Crippen molar-refractivity contribution in [3.63, 3.8) is 0 Å². The predicted molar refractivity (Wildman–Crippen MR) is 50.0 cm³/mol. The van der Waals surface area contributed by atoms with Crippen molar-refractivity contribution in [2.45, 2.75) is 46.2 Å². The van der Waals surface area contributed by atoms with E-state index in [1.165, 1.54) is 12.8 Å². The highest BCUT2D eigenvalue weighted by Crippen LogP contribution is 2.18. The molecule has 0 aromatic carbocycles. The van der Waals surface area contributed by atoms with Crippen LogP contribution >= 0.6 is 0 Å². The van der Waals surface area contributed by atoms with Gasteiger partial charge in [-0.15, -0.1) is 0 Å². The Hall–Kier alpha value is -0.0800. The van der Waals surface area contributed by atoms with E-state index < -0.39 is 0 Å². The molecule has 0 fully saturated rings. The van der Waals surface area contributed by atoms with Crippen LogP contribution in [0.15, 0.2) is 0 Å². The van der Waals surface area contributed by atoms with Crippen LogP contribution in [0.4, 0.5) is 0 Å². The molecule has 2 unspecified atom stereocenters. The number of hydrogen-bond acceptors (Lipinski definition) is 2. The van der Waals surface area contributed by atoms with Gasteiger partial charge in [-0.05, 0) is 18.3 Å². The molecule has 0 spiro atoms. The molecule has 0 amide bonds. The highest BCUT2D eigenvalue weighted by Gasteiger charge is 2.14. The molecule has 68 valence electrons. The van der Waals surface area contributed by atoms with Gasteiger partial charge < -0.3 is 11.5 Å². The summed E-state index contributed by atoms with van der Waals surface area (Å²) in [5.41, 5.74) is 11.3. The Kier molecular flexibility index (Phi) is 5.51. The average molecular weight is 158 g/mol. The zero-order valence-electron chi connectivity index (χ0n) is 8.01. The average Bonchev–Trinajstić information content (AvgIpc) is 1.99. The Morgan fingerprint density at radius 3 is 1.91 bits per heavy atom. The highest BCUT2D eigenvalue weighted by molar-refractivity contribution is 4.68. The Bertz CT molecular complexity index is 91.6. The number of nitrogens with two attached hydrogens (primary N) is 2. The zero-order valence-corrected chi connectivity index (χ0v) is 8.01. The van der Waals surface area contributed by atoms with Gasteiger partial charge in [0.05, 0.1) is 6.17 Å². The fourth-order valence-electron chi connectivity index (χ4n) is 1.28. The van der Waals surface area contributed by atoms with Crippen molar-refractivity contribution in [1.29, 1.82) is 0 Å². The van der Waals surface area contributed by atoms with Gasteiger partial charge in [-0.1, -0.05) is 33.6 Å². The summed E-state index contributed by atoms with van der Waals surface area (Å²) in [6.07, 6.45) is 3.37. The molecule has 0 aromatic rings. The number of hydrogen-bond donors (Lipinski definition) is 2. The molecule has 0 aliphatic heterocycles. The van der Waals surface area contributed by atoms with Gasteiger partial charge in [0.1, 0.15) is 0 Å². The first-order chi connectivity index (χ1) is 5.11. The summed E-state index contributed by atoms with van der Waals surface area (Å²) in [5, 5.41) is 0. The van der Waals surface area contributed by atoms with E-state index in [9.17, 15) is 0 Å².